The largest absolute Gasteiger partial charge is 0.481 e. The molecule has 0 bridgehead atoms. The first kappa shape index (κ1) is 93.3. The summed E-state index contributed by atoms with van der Waals surface area (Å²) in [7, 11) is 0. The van der Waals surface area contributed by atoms with Crippen molar-refractivity contribution in [2.45, 2.75) is 457 Å². The Morgan fingerprint density at radius 2 is 0.469 bits per heavy atom. The molecule has 0 aliphatic carbocycles. The number of aliphatic carboxylic acids is 2. The first-order valence-electron chi connectivity index (χ1n) is 42.5. The van der Waals surface area contributed by atoms with E-state index in [1.807, 2.05) is 4.90 Å². The van der Waals surface area contributed by atoms with Gasteiger partial charge in [0, 0.05) is 71.5 Å². The standard InChI is InChI=1S/C84H162N4O8/c1-5-9-13-17-21-25-29-33-37-41-45-49-53-57-61-65-78(89)84(77-87(75-70-83(95)96)76-74-86-73-72-85-71-69-82(93)94,79(90)66-62-58-54-50-46-42-38-34-30-26-22-18-14-10-6-2)88(80(91)67-63-59-55-51-47-43-39-35-31-27-23-19-15-11-7-3)81(92)68-64-60-56-52-48-44-40-36-32-28-24-20-16-12-8-4/h85-86H,5-77H2,1-4H3,(H,93,94)(H,95,96). The van der Waals surface area contributed by atoms with Crippen molar-refractivity contribution >= 4 is 35.3 Å². The van der Waals surface area contributed by atoms with Gasteiger partial charge in [-0.05, 0) is 25.7 Å². The number of nitrogens with zero attached hydrogens (tertiary/aromatic N) is 2. The lowest BCUT2D eigenvalue weighted by Gasteiger charge is -2.43. The Hall–Kier alpha value is -2.70. The minimum absolute atomic E-state index is 0.0126. The van der Waals surface area contributed by atoms with Crippen molar-refractivity contribution in [3.8, 4) is 0 Å². The van der Waals surface area contributed by atoms with Crippen LogP contribution in [0.25, 0.3) is 0 Å². The number of carbonyl (C=O) groups is 6. The molecule has 0 fully saturated rings. The van der Waals surface area contributed by atoms with Crippen LogP contribution in [-0.2, 0) is 28.8 Å². The third-order valence-corrected chi connectivity index (χ3v) is 20.5. The molecule has 0 aliphatic rings. The summed E-state index contributed by atoms with van der Waals surface area (Å²) in [5.74, 6) is -3.47. The highest BCUT2D eigenvalue weighted by Crippen LogP contribution is 2.31. The van der Waals surface area contributed by atoms with Gasteiger partial charge in [-0.25, -0.2) is 0 Å². The fraction of sp³-hybridized carbons (Fsp3) is 0.929. The zero-order valence-corrected chi connectivity index (χ0v) is 64.4. The number of hydrogen-bond acceptors (Lipinski definition) is 9. The molecule has 0 heterocycles. The number of carbonyl (C=O) groups excluding carboxylic acids is 4. The minimum Gasteiger partial charge on any atom is -0.481 e. The van der Waals surface area contributed by atoms with Gasteiger partial charge in [-0.3, -0.25) is 38.6 Å². The molecule has 0 aromatic rings. The predicted molar refractivity (Wildman–Crippen MR) is 409 cm³/mol. The fourth-order valence-electron chi connectivity index (χ4n) is 14.2. The number of imide groups is 1. The molecule has 96 heavy (non-hydrogen) atoms. The van der Waals surface area contributed by atoms with Crippen LogP contribution in [0.5, 0.6) is 0 Å². The van der Waals surface area contributed by atoms with Gasteiger partial charge in [0.15, 0.2) is 17.1 Å². The van der Waals surface area contributed by atoms with Crippen LogP contribution in [0, 0.1) is 0 Å². The number of hydrogen-bond donors (Lipinski definition) is 4. The lowest BCUT2D eigenvalue weighted by atomic mass is 9.80. The quantitative estimate of drug-likeness (QED) is 0.0337. The number of carboxylic acid groups (broad SMARTS) is 2. The maximum atomic E-state index is 15.9. The SMILES string of the molecule is CCCCCCCCCCCCCCCCCC(=O)N(C(=O)CCCCCCCCCCCCCCCCC)C(CN(CCNCCNCCC(=O)O)CCC(=O)O)(C(=O)CCCCCCCCCCCCCCCCC)C(=O)CCCCCCCCCCCCCCCCC. The van der Waals surface area contributed by atoms with Crippen LogP contribution in [0.3, 0.4) is 0 Å². The topological polar surface area (TPSA) is 173 Å². The average molecular weight is 1360 g/mol. The molecule has 12 heteroatoms. The molecule has 0 spiro atoms. The van der Waals surface area contributed by atoms with Crippen molar-refractivity contribution in [2.24, 2.45) is 0 Å². The number of rotatable bonds is 81. The fourth-order valence-corrected chi connectivity index (χ4v) is 14.2. The van der Waals surface area contributed by atoms with Gasteiger partial charge in [-0.2, -0.15) is 0 Å². The van der Waals surface area contributed by atoms with Crippen molar-refractivity contribution in [1.29, 1.82) is 0 Å². The Balaban J connectivity index is 6.88. The lowest BCUT2D eigenvalue weighted by molar-refractivity contribution is -0.165. The zero-order chi connectivity index (χ0) is 70.2. The number of nitrogens with one attached hydrogen (secondary N) is 2. The summed E-state index contributed by atoms with van der Waals surface area (Å²) in [6, 6.07) is 0. The van der Waals surface area contributed by atoms with Crippen molar-refractivity contribution < 1.29 is 39.0 Å². The van der Waals surface area contributed by atoms with Gasteiger partial charge in [0.1, 0.15) is 0 Å². The number of Topliss-reactive ketones (excluding diaryl/α,β-unsaturated/α-hetero) is 2. The molecule has 0 rings (SSSR count). The van der Waals surface area contributed by atoms with Crippen molar-refractivity contribution in [3.63, 3.8) is 0 Å². The van der Waals surface area contributed by atoms with E-state index < -0.39 is 29.3 Å². The van der Waals surface area contributed by atoms with Crippen molar-refractivity contribution in [2.75, 3.05) is 45.8 Å². The van der Waals surface area contributed by atoms with E-state index in [0.29, 0.717) is 51.9 Å². The summed E-state index contributed by atoms with van der Waals surface area (Å²) in [4.78, 5) is 89.4. The van der Waals surface area contributed by atoms with Gasteiger partial charge >= 0.3 is 11.9 Å². The summed E-state index contributed by atoms with van der Waals surface area (Å²) < 4.78 is 0. The number of carboxylic acids is 2. The summed E-state index contributed by atoms with van der Waals surface area (Å²) >= 11 is 0. The van der Waals surface area contributed by atoms with Gasteiger partial charge in [0.25, 0.3) is 0 Å². The summed E-state index contributed by atoms with van der Waals surface area (Å²) in [5.41, 5.74) is -2.08. The Morgan fingerprint density at radius 3 is 0.708 bits per heavy atom. The highest BCUT2D eigenvalue weighted by molar-refractivity contribution is 6.18. The zero-order valence-electron chi connectivity index (χ0n) is 64.4. The second-order valence-electron chi connectivity index (χ2n) is 29.7. The first-order chi connectivity index (χ1) is 47.0. The van der Waals surface area contributed by atoms with Gasteiger partial charge in [-0.15, -0.1) is 0 Å². The molecule has 0 saturated carbocycles. The third kappa shape index (κ3) is 59.0. The van der Waals surface area contributed by atoms with Gasteiger partial charge in [-0.1, -0.05) is 387 Å². The van der Waals surface area contributed by atoms with Crippen LogP contribution in [-0.4, -0.2) is 107 Å². The van der Waals surface area contributed by atoms with Crippen molar-refractivity contribution in [3.05, 3.63) is 0 Å². The molecule has 0 aromatic carbocycles. The van der Waals surface area contributed by atoms with E-state index in [2.05, 4.69) is 38.3 Å². The average Bonchev–Trinajstić information content (AvgIpc) is 0.763. The number of unbranched alkanes of at least 4 members (excludes halogenated alkanes) is 56. The molecule has 0 atom stereocenters. The lowest BCUT2D eigenvalue weighted by Crippen LogP contribution is -2.69. The molecule has 0 aromatic heterocycles. The summed E-state index contributed by atoms with van der Waals surface area (Å²) in [6.45, 7) is 11.0. The van der Waals surface area contributed by atoms with E-state index in [1.165, 1.54) is 275 Å². The molecule has 4 N–H and O–H groups in total. The Kier molecular flexibility index (Phi) is 71.5. The highest BCUT2D eigenvalue weighted by Gasteiger charge is 2.54. The molecule has 0 radical (unpaired) electrons. The molecule has 12 nitrogen and oxygen atoms in total. The van der Waals surface area contributed by atoms with E-state index in [9.17, 15) is 14.7 Å². The van der Waals surface area contributed by atoms with E-state index in [0.717, 1.165) is 89.9 Å². The molecular weight excluding hydrogens is 1190 g/mol. The highest BCUT2D eigenvalue weighted by atomic mass is 16.4. The van der Waals surface area contributed by atoms with Crippen LogP contribution in [0.2, 0.25) is 0 Å². The predicted octanol–water partition coefficient (Wildman–Crippen LogP) is 23.7. The van der Waals surface area contributed by atoms with Crippen LogP contribution >= 0.6 is 0 Å². The van der Waals surface area contributed by atoms with Crippen molar-refractivity contribution in [1.82, 2.24) is 20.4 Å². The van der Waals surface area contributed by atoms with E-state index >= 15 is 19.2 Å². The molecule has 2 amide bonds. The van der Waals surface area contributed by atoms with Gasteiger partial charge < -0.3 is 20.8 Å². The molecule has 566 valence electrons. The van der Waals surface area contributed by atoms with E-state index in [1.54, 1.807) is 0 Å². The molecule has 0 saturated heterocycles. The van der Waals surface area contributed by atoms with Crippen LogP contribution in [0.1, 0.15) is 451 Å². The number of amides is 2. The van der Waals surface area contributed by atoms with Crippen LogP contribution in [0.4, 0.5) is 0 Å². The van der Waals surface area contributed by atoms with Crippen LogP contribution in [0.15, 0.2) is 0 Å². The smallest absolute Gasteiger partial charge is 0.304 e. The molecule has 0 aliphatic heterocycles. The normalized spacial score (nSPS) is 11.8. The second kappa shape index (κ2) is 73.5. The van der Waals surface area contributed by atoms with E-state index in [4.69, 9.17) is 5.11 Å². The summed E-state index contributed by atoms with van der Waals surface area (Å²) in [6.07, 6.45) is 71.0. The maximum absolute atomic E-state index is 15.9. The van der Waals surface area contributed by atoms with Gasteiger partial charge in [0.2, 0.25) is 11.8 Å². The Morgan fingerprint density at radius 1 is 0.250 bits per heavy atom. The first-order valence-corrected chi connectivity index (χ1v) is 42.5. The third-order valence-electron chi connectivity index (χ3n) is 20.5. The maximum Gasteiger partial charge on any atom is 0.304 e. The summed E-state index contributed by atoms with van der Waals surface area (Å²) in [5, 5.41) is 25.9. The number of ketones is 2. The second-order valence-corrected chi connectivity index (χ2v) is 29.7. The molecule has 0 unspecified atom stereocenters. The monoisotopic (exact) mass is 1360 g/mol. The Labute approximate surface area is 594 Å². The van der Waals surface area contributed by atoms with Gasteiger partial charge in [0.05, 0.1) is 12.8 Å². The Bertz CT molecular complexity index is 1650. The van der Waals surface area contributed by atoms with Crippen LogP contribution < -0.4 is 10.6 Å². The van der Waals surface area contributed by atoms with E-state index in [-0.39, 0.29) is 69.7 Å². The molecular formula is C84H162N4O8. The minimum atomic E-state index is -2.08.